The number of nitrogens with zero attached hydrogens (tertiary/aromatic N) is 2. The molecule has 1 aliphatic rings. The Kier molecular flexibility index (Phi) is 5.98. The summed E-state index contributed by atoms with van der Waals surface area (Å²) in [5.41, 5.74) is 0.346. The van der Waals surface area contributed by atoms with Crippen molar-refractivity contribution in [3.05, 3.63) is 71.0 Å². The molecule has 0 saturated carbocycles. The van der Waals surface area contributed by atoms with Gasteiger partial charge in [-0.15, -0.1) is 0 Å². The zero-order valence-corrected chi connectivity index (χ0v) is 16.6. The molecule has 2 aromatic carbocycles. The number of likely N-dealkylation sites (tertiary alicyclic amines) is 1. The Bertz CT molecular complexity index is 971. The predicted octanol–water partition coefficient (Wildman–Crippen LogP) is 2.82. The highest BCUT2D eigenvalue weighted by molar-refractivity contribution is 6.46. The monoisotopic (exact) mass is 398 g/mol. The van der Waals surface area contributed by atoms with Gasteiger partial charge in [-0.1, -0.05) is 30.3 Å². The van der Waals surface area contributed by atoms with Crippen LogP contribution < -0.4 is 4.74 Å². The van der Waals surface area contributed by atoms with Crippen LogP contribution in [0.3, 0.4) is 0 Å². The Morgan fingerprint density at radius 3 is 2.55 bits per heavy atom. The second kappa shape index (κ2) is 8.45. The lowest BCUT2D eigenvalue weighted by molar-refractivity contribution is -0.140. The maximum atomic E-state index is 14.6. The summed E-state index contributed by atoms with van der Waals surface area (Å²) in [7, 11) is 5.16. The van der Waals surface area contributed by atoms with Crippen molar-refractivity contribution >= 4 is 17.4 Å². The third kappa shape index (κ3) is 4.00. The van der Waals surface area contributed by atoms with Crippen LogP contribution in [0, 0.1) is 5.82 Å². The van der Waals surface area contributed by atoms with E-state index in [0.717, 1.165) is 0 Å². The van der Waals surface area contributed by atoms with Crippen molar-refractivity contribution in [3.8, 4) is 5.75 Å². The van der Waals surface area contributed by atoms with Crippen LogP contribution in [0.1, 0.15) is 17.2 Å². The Labute approximate surface area is 168 Å². The zero-order chi connectivity index (χ0) is 21.1. The molecule has 1 atom stereocenters. The minimum atomic E-state index is -1.01. The van der Waals surface area contributed by atoms with Crippen LogP contribution in [0.15, 0.2) is 54.1 Å². The fourth-order valence-corrected chi connectivity index (χ4v) is 3.36. The number of amides is 1. The summed E-state index contributed by atoms with van der Waals surface area (Å²) in [4.78, 5) is 28.8. The van der Waals surface area contributed by atoms with Gasteiger partial charge in [0.25, 0.3) is 11.7 Å². The first-order valence-electron chi connectivity index (χ1n) is 9.17. The number of benzene rings is 2. The quantitative estimate of drug-likeness (QED) is 0.460. The number of halogens is 1. The number of rotatable bonds is 6. The van der Waals surface area contributed by atoms with Gasteiger partial charge in [-0.2, -0.15) is 0 Å². The predicted molar refractivity (Wildman–Crippen MR) is 107 cm³/mol. The summed E-state index contributed by atoms with van der Waals surface area (Å²) in [6.45, 7) is 0.697. The molecule has 0 spiro atoms. The van der Waals surface area contributed by atoms with Crippen molar-refractivity contribution in [2.75, 3.05) is 34.3 Å². The number of ether oxygens (including phenoxy) is 1. The molecule has 1 amide bonds. The average molecular weight is 398 g/mol. The Morgan fingerprint density at radius 1 is 1.17 bits per heavy atom. The highest BCUT2D eigenvalue weighted by Crippen LogP contribution is 2.40. The number of carbonyl (C=O) groups is 2. The summed E-state index contributed by atoms with van der Waals surface area (Å²) in [5.74, 6) is -2.02. The number of hydrogen-bond acceptors (Lipinski definition) is 5. The second-order valence-corrected chi connectivity index (χ2v) is 7.05. The van der Waals surface area contributed by atoms with Crippen LogP contribution in [-0.4, -0.2) is 60.9 Å². The van der Waals surface area contributed by atoms with Gasteiger partial charge < -0.3 is 19.6 Å². The molecule has 3 rings (SSSR count). The van der Waals surface area contributed by atoms with Gasteiger partial charge in [-0.05, 0) is 32.3 Å². The van der Waals surface area contributed by atoms with Crippen LogP contribution in [0.5, 0.6) is 5.75 Å². The highest BCUT2D eigenvalue weighted by atomic mass is 19.1. The molecule has 1 heterocycles. The molecule has 0 radical (unpaired) electrons. The SMILES string of the molecule is COc1cccc(/C(O)=C2/C(=O)C(=O)N(CCN(C)C)C2c2ccccc2F)c1. The van der Waals surface area contributed by atoms with E-state index < -0.39 is 23.5 Å². The molecule has 0 aromatic heterocycles. The van der Waals surface area contributed by atoms with Crippen LogP contribution in [0.4, 0.5) is 4.39 Å². The maximum Gasteiger partial charge on any atom is 0.295 e. The molecule has 2 aromatic rings. The maximum absolute atomic E-state index is 14.6. The third-order valence-electron chi connectivity index (χ3n) is 4.87. The minimum absolute atomic E-state index is 0.132. The molecule has 1 fully saturated rings. The molecule has 7 heteroatoms. The van der Waals surface area contributed by atoms with Gasteiger partial charge in [-0.25, -0.2) is 4.39 Å². The Hall–Kier alpha value is -3.19. The van der Waals surface area contributed by atoms with Crippen LogP contribution in [-0.2, 0) is 9.59 Å². The van der Waals surface area contributed by atoms with Crippen molar-refractivity contribution in [1.29, 1.82) is 0 Å². The first-order valence-corrected chi connectivity index (χ1v) is 9.17. The van der Waals surface area contributed by atoms with E-state index in [-0.39, 0.29) is 23.4 Å². The fourth-order valence-electron chi connectivity index (χ4n) is 3.36. The number of aliphatic hydroxyl groups is 1. The minimum Gasteiger partial charge on any atom is -0.507 e. The number of ketones is 1. The Morgan fingerprint density at radius 2 is 1.90 bits per heavy atom. The van der Waals surface area contributed by atoms with Crippen molar-refractivity contribution in [1.82, 2.24) is 9.80 Å². The molecule has 0 aliphatic carbocycles. The lowest BCUT2D eigenvalue weighted by Gasteiger charge is -2.26. The third-order valence-corrected chi connectivity index (χ3v) is 4.87. The van der Waals surface area contributed by atoms with E-state index in [1.807, 2.05) is 19.0 Å². The molecule has 152 valence electrons. The van der Waals surface area contributed by atoms with Crippen LogP contribution in [0.25, 0.3) is 5.76 Å². The van der Waals surface area contributed by atoms with E-state index in [0.29, 0.717) is 17.9 Å². The molecule has 1 unspecified atom stereocenters. The van der Waals surface area contributed by atoms with Crippen molar-refractivity contribution in [2.24, 2.45) is 0 Å². The first-order chi connectivity index (χ1) is 13.8. The lowest BCUT2D eigenvalue weighted by Crippen LogP contribution is -2.35. The molecular weight excluding hydrogens is 375 g/mol. The van der Waals surface area contributed by atoms with E-state index in [1.165, 1.54) is 30.2 Å². The van der Waals surface area contributed by atoms with Gasteiger partial charge in [0.1, 0.15) is 17.3 Å². The van der Waals surface area contributed by atoms with Crippen molar-refractivity contribution in [3.63, 3.8) is 0 Å². The zero-order valence-electron chi connectivity index (χ0n) is 16.6. The molecule has 29 heavy (non-hydrogen) atoms. The number of hydrogen-bond donors (Lipinski definition) is 1. The summed E-state index contributed by atoms with van der Waals surface area (Å²) >= 11 is 0. The standard InChI is InChI=1S/C22H23FN2O4/c1-24(2)11-12-25-19(16-9-4-5-10-17(16)23)18(21(27)22(25)28)20(26)14-7-6-8-15(13-14)29-3/h4-10,13,19,26H,11-12H2,1-3H3/b20-18-. The highest BCUT2D eigenvalue weighted by Gasteiger charge is 2.46. The van der Waals surface area contributed by atoms with Crippen molar-refractivity contribution in [2.45, 2.75) is 6.04 Å². The van der Waals surface area contributed by atoms with Crippen LogP contribution in [0.2, 0.25) is 0 Å². The van der Waals surface area contributed by atoms with E-state index in [4.69, 9.17) is 4.74 Å². The van der Waals surface area contributed by atoms with Gasteiger partial charge in [0.05, 0.1) is 18.7 Å². The van der Waals surface area contributed by atoms with E-state index in [2.05, 4.69) is 0 Å². The number of likely N-dealkylation sites (N-methyl/N-ethyl adjacent to an activating group) is 1. The van der Waals surface area contributed by atoms with Gasteiger partial charge in [0, 0.05) is 24.2 Å². The first kappa shape index (κ1) is 20.5. The number of methoxy groups -OCH3 is 1. The van der Waals surface area contributed by atoms with Gasteiger partial charge in [0.2, 0.25) is 0 Å². The molecule has 1 aliphatic heterocycles. The van der Waals surface area contributed by atoms with Gasteiger partial charge in [0.15, 0.2) is 0 Å². The lowest BCUT2D eigenvalue weighted by atomic mass is 9.95. The topological polar surface area (TPSA) is 70.1 Å². The molecule has 1 N–H and O–H groups in total. The Balaban J connectivity index is 2.18. The molecule has 6 nitrogen and oxygen atoms in total. The van der Waals surface area contributed by atoms with E-state index >= 15 is 0 Å². The summed E-state index contributed by atoms with van der Waals surface area (Å²) in [6, 6.07) is 11.5. The largest absolute Gasteiger partial charge is 0.507 e. The van der Waals surface area contributed by atoms with Gasteiger partial charge in [-0.3, -0.25) is 9.59 Å². The molecule has 1 saturated heterocycles. The van der Waals surface area contributed by atoms with Gasteiger partial charge >= 0.3 is 0 Å². The second-order valence-electron chi connectivity index (χ2n) is 7.05. The van der Waals surface area contributed by atoms with E-state index in [9.17, 15) is 19.1 Å². The smallest absolute Gasteiger partial charge is 0.295 e. The summed E-state index contributed by atoms with van der Waals surface area (Å²) in [6.07, 6.45) is 0. The summed E-state index contributed by atoms with van der Waals surface area (Å²) < 4.78 is 19.8. The molecule has 0 bridgehead atoms. The number of aliphatic hydroxyl groups excluding tert-OH is 1. The fraction of sp³-hybridized carbons (Fsp3) is 0.273. The number of carbonyl (C=O) groups excluding carboxylic acids is 2. The van der Waals surface area contributed by atoms with Crippen molar-refractivity contribution < 1.29 is 23.8 Å². The average Bonchev–Trinajstić information content (AvgIpc) is 2.96. The number of Topliss-reactive ketones (excluding diaryl/α,β-unsaturated/α-hetero) is 1. The normalized spacial score (nSPS) is 18.5. The molecular formula is C22H23FN2O4. The van der Waals surface area contributed by atoms with E-state index in [1.54, 1.807) is 30.3 Å². The summed E-state index contributed by atoms with van der Waals surface area (Å²) in [5, 5.41) is 10.9. The van der Waals surface area contributed by atoms with Crippen LogP contribution >= 0.6 is 0 Å².